The van der Waals surface area contributed by atoms with Crippen LogP contribution in [0, 0.1) is 11.3 Å². The Balaban J connectivity index is 3.00. The van der Waals surface area contributed by atoms with E-state index in [1.165, 1.54) is 17.2 Å². The molecule has 0 amide bonds. The summed E-state index contributed by atoms with van der Waals surface area (Å²) in [7, 11) is 0. The molecule has 84 valence electrons. The lowest BCUT2D eigenvalue weighted by Gasteiger charge is -2.20. The Bertz CT molecular complexity index is 414. The van der Waals surface area contributed by atoms with Gasteiger partial charge in [-0.05, 0) is 12.5 Å². The molecule has 0 fully saturated rings. The number of carbonyl (C=O) groups is 1. The Hall–Kier alpha value is -2.16. The first kappa shape index (κ1) is 11.9. The highest BCUT2D eigenvalue weighted by atomic mass is 16.4. The van der Waals surface area contributed by atoms with Crippen molar-refractivity contribution in [2.24, 2.45) is 0 Å². The van der Waals surface area contributed by atoms with Gasteiger partial charge in [0.15, 0.2) is 5.82 Å². The summed E-state index contributed by atoms with van der Waals surface area (Å²) < 4.78 is 0. The average molecular weight is 220 g/mol. The Morgan fingerprint density at radius 3 is 3.00 bits per heavy atom. The van der Waals surface area contributed by atoms with Gasteiger partial charge < -0.3 is 10.0 Å². The number of rotatable bonds is 5. The van der Waals surface area contributed by atoms with Crippen LogP contribution in [0.4, 0.5) is 5.82 Å². The summed E-state index contributed by atoms with van der Waals surface area (Å²) >= 11 is 0. The van der Waals surface area contributed by atoms with Crippen LogP contribution >= 0.6 is 0 Å². The minimum Gasteiger partial charge on any atom is -0.480 e. The van der Waals surface area contributed by atoms with Gasteiger partial charge >= 0.3 is 5.97 Å². The first-order valence-electron chi connectivity index (χ1n) is 4.87. The highest BCUT2D eigenvalue weighted by molar-refractivity contribution is 5.74. The van der Waals surface area contributed by atoms with E-state index in [0.29, 0.717) is 17.9 Å². The van der Waals surface area contributed by atoms with Gasteiger partial charge in [-0.15, -0.1) is 5.10 Å². The Labute approximate surface area is 93.1 Å². The number of anilines is 1. The smallest absolute Gasteiger partial charge is 0.323 e. The van der Waals surface area contributed by atoms with E-state index in [0.717, 1.165) is 6.42 Å². The van der Waals surface area contributed by atoms with Gasteiger partial charge in [0.2, 0.25) is 0 Å². The molecule has 1 aromatic heterocycles. The summed E-state index contributed by atoms with van der Waals surface area (Å²) in [4.78, 5) is 12.2. The second kappa shape index (κ2) is 5.66. The Morgan fingerprint density at radius 2 is 2.44 bits per heavy atom. The van der Waals surface area contributed by atoms with Crippen molar-refractivity contribution in [1.82, 2.24) is 10.2 Å². The standard InChI is InChI=1S/C10H12N4O2/c1-2-5-14(7-9(15)16)10-8(6-11)3-4-12-13-10/h3-4H,2,5,7H2,1H3,(H,15,16). The summed E-state index contributed by atoms with van der Waals surface area (Å²) in [6.45, 7) is 2.28. The predicted octanol–water partition coefficient (Wildman–Crippen LogP) is 0.649. The normalized spacial score (nSPS) is 9.50. The largest absolute Gasteiger partial charge is 0.480 e. The maximum absolute atomic E-state index is 10.7. The van der Waals surface area contributed by atoms with Crippen LogP contribution in [-0.2, 0) is 4.79 Å². The van der Waals surface area contributed by atoms with Gasteiger partial charge in [0, 0.05) is 6.54 Å². The van der Waals surface area contributed by atoms with E-state index in [1.54, 1.807) is 0 Å². The molecule has 0 aromatic carbocycles. The molecule has 0 spiro atoms. The van der Waals surface area contributed by atoms with Crippen molar-refractivity contribution in [3.63, 3.8) is 0 Å². The van der Waals surface area contributed by atoms with E-state index in [-0.39, 0.29) is 6.54 Å². The zero-order valence-electron chi connectivity index (χ0n) is 8.92. The van der Waals surface area contributed by atoms with Crippen molar-refractivity contribution in [3.05, 3.63) is 17.8 Å². The van der Waals surface area contributed by atoms with E-state index in [2.05, 4.69) is 10.2 Å². The maximum atomic E-state index is 10.7. The monoisotopic (exact) mass is 220 g/mol. The molecule has 16 heavy (non-hydrogen) atoms. The number of nitrogens with zero attached hydrogens (tertiary/aromatic N) is 4. The molecule has 6 heteroatoms. The topological polar surface area (TPSA) is 90.1 Å². The molecular formula is C10H12N4O2. The summed E-state index contributed by atoms with van der Waals surface area (Å²) in [6, 6.07) is 3.49. The van der Waals surface area contributed by atoms with Gasteiger partial charge in [0.1, 0.15) is 12.6 Å². The van der Waals surface area contributed by atoms with Crippen molar-refractivity contribution in [1.29, 1.82) is 5.26 Å². The van der Waals surface area contributed by atoms with Gasteiger partial charge in [0.05, 0.1) is 11.8 Å². The molecule has 1 heterocycles. The van der Waals surface area contributed by atoms with Crippen molar-refractivity contribution < 1.29 is 9.90 Å². The summed E-state index contributed by atoms with van der Waals surface area (Å²) in [5.74, 6) is -0.628. The highest BCUT2D eigenvalue weighted by Crippen LogP contribution is 2.14. The SMILES string of the molecule is CCCN(CC(=O)O)c1nnccc1C#N. The van der Waals surface area contributed by atoms with E-state index >= 15 is 0 Å². The van der Waals surface area contributed by atoms with Gasteiger partial charge in [-0.1, -0.05) is 6.92 Å². The molecule has 0 aliphatic carbocycles. The third-order valence-electron chi connectivity index (χ3n) is 1.94. The number of nitriles is 1. The van der Waals surface area contributed by atoms with Crippen LogP contribution in [0.3, 0.4) is 0 Å². The van der Waals surface area contributed by atoms with Crippen LogP contribution in [-0.4, -0.2) is 34.4 Å². The van der Waals surface area contributed by atoms with Gasteiger partial charge in [0.25, 0.3) is 0 Å². The zero-order valence-corrected chi connectivity index (χ0v) is 8.92. The van der Waals surface area contributed by atoms with Crippen molar-refractivity contribution in [3.8, 4) is 6.07 Å². The molecule has 0 saturated heterocycles. The number of carboxylic acids is 1. The van der Waals surface area contributed by atoms with Crippen LogP contribution in [0.5, 0.6) is 0 Å². The predicted molar refractivity (Wildman–Crippen MR) is 56.9 cm³/mol. The molecule has 0 aliphatic heterocycles. The molecule has 0 bridgehead atoms. The second-order valence-corrected chi connectivity index (χ2v) is 3.20. The fourth-order valence-corrected chi connectivity index (χ4v) is 1.34. The van der Waals surface area contributed by atoms with Gasteiger partial charge in [-0.3, -0.25) is 4.79 Å². The van der Waals surface area contributed by atoms with Crippen LogP contribution in [0.1, 0.15) is 18.9 Å². The number of carboxylic acid groups (broad SMARTS) is 1. The van der Waals surface area contributed by atoms with Gasteiger partial charge in [-0.25, -0.2) is 0 Å². The first-order chi connectivity index (χ1) is 7.69. The molecule has 0 aliphatic rings. The van der Waals surface area contributed by atoms with E-state index in [1.807, 2.05) is 13.0 Å². The number of aromatic nitrogens is 2. The lowest BCUT2D eigenvalue weighted by molar-refractivity contribution is -0.135. The Kier molecular flexibility index (Phi) is 4.21. The number of hydrogen-bond acceptors (Lipinski definition) is 5. The van der Waals surface area contributed by atoms with E-state index in [4.69, 9.17) is 10.4 Å². The minimum absolute atomic E-state index is 0.179. The summed E-state index contributed by atoms with van der Waals surface area (Å²) in [5, 5.41) is 25.1. The molecule has 0 unspecified atom stereocenters. The van der Waals surface area contributed by atoms with Crippen LogP contribution in [0.2, 0.25) is 0 Å². The average Bonchev–Trinajstić information content (AvgIpc) is 2.28. The molecular weight excluding hydrogens is 208 g/mol. The quantitative estimate of drug-likeness (QED) is 0.783. The third kappa shape index (κ3) is 2.92. The lowest BCUT2D eigenvalue weighted by Crippen LogP contribution is -2.32. The number of hydrogen-bond donors (Lipinski definition) is 1. The fourth-order valence-electron chi connectivity index (χ4n) is 1.34. The van der Waals surface area contributed by atoms with E-state index < -0.39 is 5.97 Å². The molecule has 6 nitrogen and oxygen atoms in total. The lowest BCUT2D eigenvalue weighted by atomic mass is 10.2. The van der Waals surface area contributed by atoms with Crippen LogP contribution in [0.25, 0.3) is 0 Å². The molecule has 0 atom stereocenters. The van der Waals surface area contributed by atoms with Crippen LogP contribution < -0.4 is 4.90 Å². The first-order valence-corrected chi connectivity index (χ1v) is 4.87. The highest BCUT2D eigenvalue weighted by Gasteiger charge is 2.15. The van der Waals surface area contributed by atoms with Gasteiger partial charge in [-0.2, -0.15) is 10.4 Å². The summed E-state index contributed by atoms with van der Waals surface area (Å²) in [6.07, 6.45) is 2.18. The maximum Gasteiger partial charge on any atom is 0.323 e. The molecule has 1 rings (SSSR count). The number of aliphatic carboxylic acids is 1. The molecule has 1 N–H and O–H groups in total. The summed E-state index contributed by atoms with van der Waals surface area (Å²) in [5.41, 5.74) is 0.338. The van der Waals surface area contributed by atoms with Crippen molar-refractivity contribution in [2.75, 3.05) is 18.0 Å². The van der Waals surface area contributed by atoms with Crippen LogP contribution in [0.15, 0.2) is 12.3 Å². The third-order valence-corrected chi connectivity index (χ3v) is 1.94. The second-order valence-electron chi connectivity index (χ2n) is 3.20. The molecule has 0 radical (unpaired) electrons. The molecule has 0 saturated carbocycles. The van der Waals surface area contributed by atoms with E-state index in [9.17, 15) is 4.79 Å². The Morgan fingerprint density at radius 1 is 1.69 bits per heavy atom. The fraction of sp³-hybridized carbons (Fsp3) is 0.400. The molecule has 1 aromatic rings. The minimum atomic E-state index is -0.956. The zero-order chi connectivity index (χ0) is 12.0. The van der Waals surface area contributed by atoms with Crippen molar-refractivity contribution in [2.45, 2.75) is 13.3 Å². The van der Waals surface area contributed by atoms with Crippen molar-refractivity contribution >= 4 is 11.8 Å².